The van der Waals surface area contributed by atoms with Crippen LogP contribution in [0.5, 0.6) is 11.5 Å². The van der Waals surface area contributed by atoms with Gasteiger partial charge in [-0.1, -0.05) is 0 Å². The number of ether oxygens (including phenoxy) is 2. The summed E-state index contributed by atoms with van der Waals surface area (Å²) in [5.74, 6) is 1.51. The maximum atomic E-state index is 6.20. The van der Waals surface area contributed by atoms with Gasteiger partial charge in [0.1, 0.15) is 11.5 Å². The topological polar surface area (TPSA) is 44.5 Å². The van der Waals surface area contributed by atoms with Crippen LogP contribution in [0.2, 0.25) is 0 Å². The van der Waals surface area contributed by atoms with Gasteiger partial charge in [0.2, 0.25) is 0 Å². The zero-order chi connectivity index (χ0) is 12.3. The molecule has 0 aliphatic carbocycles. The van der Waals surface area contributed by atoms with Gasteiger partial charge in [-0.25, -0.2) is 0 Å². The smallest absolute Gasteiger partial charge is 0.122 e. The first-order valence-electron chi connectivity index (χ1n) is 5.25. The Bertz CT molecular complexity index is 465. The van der Waals surface area contributed by atoms with Gasteiger partial charge in [0.25, 0.3) is 0 Å². The average molecular weight is 286 g/mol. The lowest BCUT2D eigenvalue weighted by molar-refractivity contribution is 0.393. The van der Waals surface area contributed by atoms with E-state index in [-0.39, 0.29) is 18.4 Å². The Kier molecular flexibility index (Phi) is 5.47. The zero-order valence-corrected chi connectivity index (χ0v) is 11.9. The molecule has 98 valence electrons. The van der Waals surface area contributed by atoms with Crippen LogP contribution in [0.3, 0.4) is 0 Å². The van der Waals surface area contributed by atoms with E-state index in [1.165, 1.54) is 0 Å². The largest absolute Gasteiger partial charge is 0.497 e. The van der Waals surface area contributed by atoms with Crippen molar-refractivity contribution in [2.45, 2.75) is 6.04 Å². The van der Waals surface area contributed by atoms with Gasteiger partial charge in [-0.2, -0.15) is 11.3 Å². The van der Waals surface area contributed by atoms with Gasteiger partial charge < -0.3 is 15.2 Å². The van der Waals surface area contributed by atoms with Crippen LogP contribution in [0.4, 0.5) is 0 Å². The Hall–Kier alpha value is -1.23. The number of benzene rings is 1. The summed E-state index contributed by atoms with van der Waals surface area (Å²) in [6.07, 6.45) is 0. The third-order valence-corrected chi connectivity index (χ3v) is 3.34. The minimum absolute atomic E-state index is 0. The lowest BCUT2D eigenvalue weighted by Crippen LogP contribution is -2.11. The normalized spacial score (nSPS) is 11.5. The monoisotopic (exact) mass is 285 g/mol. The van der Waals surface area contributed by atoms with Crippen LogP contribution in [0.15, 0.2) is 35.0 Å². The van der Waals surface area contributed by atoms with Gasteiger partial charge in [0, 0.05) is 6.07 Å². The number of methoxy groups -OCH3 is 2. The molecule has 0 saturated carbocycles. The number of hydrogen-bond donors (Lipinski definition) is 1. The van der Waals surface area contributed by atoms with Crippen molar-refractivity contribution in [3.63, 3.8) is 0 Å². The van der Waals surface area contributed by atoms with Crippen molar-refractivity contribution in [1.82, 2.24) is 0 Å². The van der Waals surface area contributed by atoms with Crippen molar-refractivity contribution in [2.75, 3.05) is 14.2 Å². The Morgan fingerprint density at radius 1 is 1.06 bits per heavy atom. The lowest BCUT2D eigenvalue weighted by atomic mass is 10.0. The van der Waals surface area contributed by atoms with Crippen molar-refractivity contribution in [2.24, 2.45) is 5.73 Å². The summed E-state index contributed by atoms with van der Waals surface area (Å²) < 4.78 is 10.5. The van der Waals surface area contributed by atoms with Gasteiger partial charge in [0.15, 0.2) is 0 Å². The molecule has 2 N–H and O–H groups in total. The van der Waals surface area contributed by atoms with Gasteiger partial charge in [-0.05, 0) is 40.1 Å². The molecule has 0 fully saturated rings. The standard InChI is InChI=1S/C13H15NO2S.ClH/c1-15-11-5-10(6-12(7-11)16-2)13(14)9-3-4-17-8-9;/h3-8,13H,14H2,1-2H3;1H/t13-;/m1./s1. The molecule has 0 radical (unpaired) electrons. The molecule has 0 saturated heterocycles. The van der Waals surface area contributed by atoms with E-state index in [9.17, 15) is 0 Å². The van der Waals surface area contributed by atoms with Gasteiger partial charge >= 0.3 is 0 Å². The molecule has 5 heteroatoms. The molecule has 1 heterocycles. The van der Waals surface area contributed by atoms with Crippen LogP contribution in [-0.2, 0) is 0 Å². The highest BCUT2D eigenvalue weighted by Crippen LogP contribution is 2.29. The third kappa shape index (κ3) is 3.16. The van der Waals surface area contributed by atoms with E-state index in [2.05, 4.69) is 5.38 Å². The summed E-state index contributed by atoms with van der Waals surface area (Å²) in [6, 6.07) is 7.59. The summed E-state index contributed by atoms with van der Waals surface area (Å²) >= 11 is 1.64. The van der Waals surface area contributed by atoms with Gasteiger partial charge in [-0.15, -0.1) is 12.4 Å². The highest BCUT2D eigenvalue weighted by atomic mass is 35.5. The summed E-state index contributed by atoms with van der Waals surface area (Å²) in [4.78, 5) is 0. The third-order valence-electron chi connectivity index (χ3n) is 2.64. The Morgan fingerprint density at radius 2 is 1.67 bits per heavy atom. The van der Waals surface area contributed by atoms with Crippen LogP contribution in [0, 0.1) is 0 Å². The first kappa shape index (κ1) is 14.8. The zero-order valence-electron chi connectivity index (χ0n) is 10.3. The van der Waals surface area contributed by atoms with Gasteiger partial charge in [0.05, 0.1) is 20.3 Å². The molecule has 2 rings (SSSR count). The second-order valence-electron chi connectivity index (χ2n) is 3.68. The number of halogens is 1. The van der Waals surface area contributed by atoms with Crippen LogP contribution >= 0.6 is 23.7 Å². The summed E-state index contributed by atoms with van der Waals surface area (Å²) in [5, 5.41) is 4.07. The fourth-order valence-electron chi connectivity index (χ4n) is 1.65. The van der Waals surface area contributed by atoms with Crippen LogP contribution in [0.25, 0.3) is 0 Å². The SMILES string of the molecule is COc1cc(OC)cc([C@H](N)c2ccsc2)c1.Cl. The molecule has 3 nitrogen and oxygen atoms in total. The maximum absolute atomic E-state index is 6.20. The minimum atomic E-state index is -0.148. The molecule has 0 amide bonds. The van der Waals surface area contributed by atoms with Crippen molar-refractivity contribution in [3.05, 3.63) is 46.2 Å². The van der Waals surface area contributed by atoms with E-state index < -0.39 is 0 Å². The predicted molar refractivity (Wildman–Crippen MR) is 77.1 cm³/mol. The Balaban J connectivity index is 0.00000162. The van der Waals surface area contributed by atoms with Crippen LogP contribution < -0.4 is 15.2 Å². The highest BCUT2D eigenvalue weighted by Gasteiger charge is 2.12. The molecule has 18 heavy (non-hydrogen) atoms. The number of hydrogen-bond acceptors (Lipinski definition) is 4. The van der Waals surface area contributed by atoms with E-state index in [1.54, 1.807) is 25.6 Å². The lowest BCUT2D eigenvalue weighted by Gasteiger charge is -2.13. The first-order chi connectivity index (χ1) is 8.24. The quantitative estimate of drug-likeness (QED) is 0.938. The molecular weight excluding hydrogens is 270 g/mol. The average Bonchev–Trinajstić information content (AvgIpc) is 2.91. The second-order valence-corrected chi connectivity index (χ2v) is 4.46. The Labute approximate surface area is 117 Å². The van der Waals surface area contributed by atoms with E-state index >= 15 is 0 Å². The molecule has 0 bridgehead atoms. The second kappa shape index (κ2) is 6.64. The molecule has 2 aromatic rings. The molecular formula is C13H16ClNO2S. The highest BCUT2D eigenvalue weighted by molar-refractivity contribution is 7.08. The van der Waals surface area contributed by atoms with Gasteiger partial charge in [-0.3, -0.25) is 0 Å². The van der Waals surface area contributed by atoms with Crippen molar-refractivity contribution >= 4 is 23.7 Å². The molecule has 0 unspecified atom stereocenters. The number of rotatable bonds is 4. The van der Waals surface area contributed by atoms with E-state index in [0.29, 0.717) is 0 Å². The first-order valence-corrected chi connectivity index (χ1v) is 6.19. The number of nitrogens with two attached hydrogens (primary N) is 1. The Morgan fingerprint density at radius 3 is 2.11 bits per heavy atom. The van der Waals surface area contributed by atoms with E-state index in [4.69, 9.17) is 15.2 Å². The maximum Gasteiger partial charge on any atom is 0.122 e. The van der Waals surface area contributed by atoms with Crippen LogP contribution in [0.1, 0.15) is 17.2 Å². The van der Waals surface area contributed by atoms with Crippen molar-refractivity contribution in [3.8, 4) is 11.5 Å². The molecule has 1 atom stereocenters. The summed E-state index contributed by atoms with van der Waals surface area (Å²) in [7, 11) is 3.27. The fraction of sp³-hybridized carbons (Fsp3) is 0.231. The van der Waals surface area contributed by atoms with Crippen molar-refractivity contribution in [1.29, 1.82) is 0 Å². The summed E-state index contributed by atoms with van der Waals surface area (Å²) in [6.45, 7) is 0. The fourth-order valence-corrected chi connectivity index (χ4v) is 2.35. The molecule has 1 aromatic carbocycles. The molecule has 0 spiro atoms. The van der Waals surface area contributed by atoms with Crippen LogP contribution in [-0.4, -0.2) is 14.2 Å². The predicted octanol–water partition coefficient (Wildman–Crippen LogP) is 3.24. The van der Waals surface area contributed by atoms with E-state index in [0.717, 1.165) is 22.6 Å². The van der Waals surface area contributed by atoms with E-state index in [1.807, 2.05) is 29.6 Å². The minimum Gasteiger partial charge on any atom is -0.497 e. The molecule has 0 aliphatic heterocycles. The molecule has 0 aliphatic rings. The van der Waals surface area contributed by atoms with Crippen molar-refractivity contribution < 1.29 is 9.47 Å². The summed E-state index contributed by atoms with van der Waals surface area (Å²) in [5.41, 5.74) is 8.29. The number of thiophene rings is 1. The molecule has 1 aromatic heterocycles.